The summed E-state index contributed by atoms with van der Waals surface area (Å²) in [7, 11) is -3.72. The summed E-state index contributed by atoms with van der Waals surface area (Å²) >= 11 is 8.79. The first kappa shape index (κ1) is 20.9. The molecule has 142 valence electrons. The Labute approximate surface area is 166 Å². The lowest BCUT2D eigenvalue weighted by atomic mass is 10.1. The van der Waals surface area contributed by atoms with E-state index >= 15 is 0 Å². The van der Waals surface area contributed by atoms with Gasteiger partial charge in [-0.2, -0.15) is 0 Å². The van der Waals surface area contributed by atoms with Crippen LogP contribution in [0.5, 0.6) is 0 Å². The van der Waals surface area contributed by atoms with Crippen LogP contribution in [-0.2, 0) is 14.8 Å². The summed E-state index contributed by atoms with van der Waals surface area (Å²) in [6.45, 7) is 3.56. The van der Waals surface area contributed by atoms with E-state index in [4.69, 9.17) is 11.6 Å². The fourth-order valence-electron chi connectivity index (χ4n) is 2.31. The number of nitrogens with one attached hydrogen (secondary N) is 1. The van der Waals surface area contributed by atoms with E-state index < -0.39 is 22.0 Å². The first-order valence-corrected chi connectivity index (χ1v) is 11.9. The zero-order chi connectivity index (χ0) is 19.5. The number of carbonyl (C=O) groups excluding carboxylic acids is 1. The lowest BCUT2D eigenvalue weighted by Crippen LogP contribution is -2.47. The number of benzene rings is 1. The van der Waals surface area contributed by atoms with Gasteiger partial charge in [0.05, 0.1) is 11.9 Å². The van der Waals surface area contributed by atoms with Crippen molar-refractivity contribution in [2.45, 2.75) is 30.6 Å². The quantitative estimate of drug-likeness (QED) is 0.530. The number of sulfonamides is 1. The number of anilines is 2. The van der Waals surface area contributed by atoms with Gasteiger partial charge in [0.1, 0.15) is 6.04 Å². The molecule has 0 radical (unpaired) electrons. The minimum atomic E-state index is -3.72. The zero-order valence-electron chi connectivity index (χ0n) is 14.7. The van der Waals surface area contributed by atoms with Crippen LogP contribution in [0.4, 0.5) is 10.8 Å². The molecular weight excluding hydrogens is 416 g/mol. The second-order valence-electron chi connectivity index (χ2n) is 5.48. The number of hydrogen-bond donors (Lipinski definition) is 1. The Hall–Kier alpha value is -1.36. The van der Waals surface area contributed by atoms with E-state index in [1.165, 1.54) is 23.1 Å². The highest BCUT2D eigenvalue weighted by molar-refractivity contribution is 8.00. The van der Waals surface area contributed by atoms with Crippen LogP contribution in [0.3, 0.4) is 0 Å². The molecule has 0 bridgehead atoms. The van der Waals surface area contributed by atoms with Gasteiger partial charge in [-0.1, -0.05) is 47.7 Å². The Balaban J connectivity index is 2.37. The molecule has 2 rings (SSSR count). The van der Waals surface area contributed by atoms with Crippen molar-refractivity contribution in [3.05, 3.63) is 28.8 Å². The summed E-state index contributed by atoms with van der Waals surface area (Å²) in [5.74, 6) is -0.474. The van der Waals surface area contributed by atoms with E-state index in [0.29, 0.717) is 20.2 Å². The molecule has 1 heterocycles. The molecule has 0 saturated carbocycles. The van der Waals surface area contributed by atoms with Crippen LogP contribution in [0.25, 0.3) is 0 Å². The molecule has 0 saturated heterocycles. The summed E-state index contributed by atoms with van der Waals surface area (Å²) in [5, 5.41) is 11.2. The molecule has 1 aromatic heterocycles. The molecule has 0 aliphatic carbocycles. The molecule has 1 aromatic carbocycles. The van der Waals surface area contributed by atoms with Gasteiger partial charge in [-0.05, 0) is 37.3 Å². The SMILES string of the molecule is CCC(C(=O)Nc1nnc(SC)s1)N(c1ccc(C)c(Cl)c1)S(C)(=O)=O. The molecule has 7 nitrogen and oxygen atoms in total. The van der Waals surface area contributed by atoms with Gasteiger partial charge in [0.2, 0.25) is 21.1 Å². The maximum Gasteiger partial charge on any atom is 0.250 e. The van der Waals surface area contributed by atoms with Gasteiger partial charge in [0, 0.05) is 5.02 Å². The molecule has 1 N–H and O–H groups in total. The Morgan fingerprint density at radius 2 is 2.12 bits per heavy atom. The standard InChI is InChI=1S/C15H19ClN4O3S3/c1-5-12(13(21)17-14-18-19-15(24-3)25-14)20(26(4,22)23)10-7-6-9(2)11(16)8-10/h6-8,12H,5H2,1-4H3,(H,17,18,21). The third-order valence-corrected chi connectivity index (χ3v) is 6.95. The topological polar surface area (TPSA) is 92.3 Å². The van der Waals surface area contributed by atoms with Crippen LogP contribution in [0.1, 0.15) is 18.9 Å². The van der Waals surface area contributed by atoms with E-state index in [0.717, 1.165) is 16.1 Å². The van der Waals surface area contributed by atoms with Gasteiger partial charge in [-0.15, -0.1) is 10.2 Å². The summed E-state index contributed by atoms with van der Waals surface area (Å²) < 4.78 is 26.6. The van der Waals surface area contributed by atoms with Crippen molar-refractivity contribution in [2.75, 3.05) is 22.1 Å². The van der Waals surface area contributed by atoms with E-state index in [2.05, 4.69) is 15.5 Å². The number of aryl methyl sites for hydroxylation is 1. The Morgan fingerprint density at radius 1 is 1.42 bits per heavy atom. The van der Waals surface area contributed by atoms with Gasteiger partial charge >= 0.3 is 0 Å². The molecule has 0 aliphatic heterocycles. The fourth-order valence-corrected chi connectivity index (χ4v) is 4.86. The van der Waals surface area contributed by atoms with E-state index in [1.54, 1.807) is 25.1 Å². The van der Waals surface area contributed by atoms with Crippen molar-refractivity contribution in [3.63, 3.8) is 0 Å². The second-order valence-corrected chi connectivity index (χ2v) is 9.78. The van der Waals surface area contributed by atoms with Gasteiger partial charge < -0.3 is 0 Å². The normalized spacial score (nSPS) is 12.7. The molecule has 26 heavy (non-hydrogen) atoms. The minimum Gasteiger partial charge on any atom is -0.299 e. The van der Waals surface area contributed by atoms with Gasteiger partial charge in [0.15, 0.2) is 4.34 Å². The van der Waals surface area contributed by atoms with E-state index in [9.17, 15) is 13.2 Å². The highest BCUT2D eigenvalue weighted by Crippen LogP contribution is 2.29. The number of nitrogens with zero attached hydrogens (tertiary/aromatic N) is 3. The molecule has 1 atom stereocenters. The molecule has 11 heteroatoms. The van der Waals surface area contributed by atoms with Crippen LogP contribution in [0.15, 0.2) is 22.5 Å². The van der Waals surface area contributed by atoms with E-state index in [-0.39, 0.29) is 6.42 Å². The summed E-state index contributed by atoms with van der Waals surface area (Å²) in [4.78, 5) is 12.7. The Kier molecular flexibility index (Phi) is 6.89. The highest BCUT2D eigenvalue weighted by atomic mass is 35.5. The number of aromatic nitrogens is 2. The number of hydrogen-bond acceptors (Lipinski definition) is 7. The zero-order valence-corrected chi connectivity index (χ0v) is 17.9. The number of thioether (sulfide) groups is 1. The van der Waals surface area contributed by atoms with E-state index in [1.807, 2.05) is 13.2 Å². The first-order chi connectivity index (χ1) is 12.2. The number of carbonyl (C=O) groups is 1. The smallest absolute Gasteiger partial charge is 0.250 e. The fraction of sp³-hybridized carbons (Fsp3) is 0.400. The molecule has 1 amide bonds. The highest BCUT2D eigenvalue weighted by Gasteiger charge is 2.32. The summed E-state index contributed by atoms with van der Waals surface area (Å²) in [6, 6.07) is 3.96. The molecule has 0 fully saturated rings. The predicted molar refractivity (Wildman–Crippen MR) is 108 cm³/mol. The third-order valence-electron chi connectivity index (χ3n) is 3.55. The average molecular weight is 435 g/mol. The number of halogens is 1. The summed E-state index contributed by atoms with van der Waals surface area (Å²) in [5.41, 5.74) is 1.16. The van der Waals surface area contributed by atoms with Crippen LogP contribution >= 0.6 is 34.7 Å². The number of amides is 1. The monoisotopic (exact) mass is 434 g/mol. The minimum absolute atomic E-state index is 0.276. The largest absolute Gasteiger partial charge is 0.299 e. The third kappa shape index (κ3) is 4.87. The summed E-state index contributed by atoms with van der Waals surface area (Å²) in [6.07, 6.45) is 3.19. The first-order valence-electron chi connectivity index (χ1n) is 7.61. The van der Waals surface area contributed by atoms with Crippen LogP contribution in [0.2, 0.25) is 5.02 Å². The lowest BCUT2D eigenvalue weighted by molar-refractivity contribution is -0.117. The van der Waals surface area contributed by atoms with Crippen LogP contribution in [0, 0.1) is 6.92 Å². The molecule has 2 aromatic rings. The average Bonchev–Trinajstić information content (AvgIpc) is 3.01. The van der Waals surface area contributed by atoms with Crippen LogP contribution in [-0.4, -0.2) is 43.1 Å². The van der Waals surface area contributed by atoms with Crippen molar-refractivity contribution in [2.24, 2.45) is 0 Å². The van der Waals surface area contributed by atoms with Gasteiger partial charge in [-0.25, -0.2) is 8.42 Å². The Morgan fingerprint density at radius 3 is 2.62 bits per heavy atom. The molecule has 1 unspecified atom stereocenters. The second kappa shape index (κ2) is 8.55. The Bertz CT molecular complexity index is 901. The van der Waals surface area contributed by atoms with Gasteiger partial charge in [0.25, 0.3) is 0 Å². The lowest BCUT2D eigenvalue weighted by Gasteiger charge is -2.30. The molecule has 0 aliphatic rings. The maximum absolute atomic E-state index is 12.7. The van der Waals surface area contributed by atoms with Crippen molar-refractivity contribution < 1.29 is 13.2 Å². The van der Waals surface area contributed by atoms with Crippen molar-refractivity contribution in [1.29, 1.82) is 0 Å². The number of rotatable bonds is 7. The van der Waals surface area contributed by atoms with Crippen molar-refractivity contribution in [1.82, 2.24) is 10.2 Å². The predicted octanol–water partition coefficient (Wildman–Crippen LogP) is 3.41. The molecule has 0 spiro atoms. The maximum atomic E-state index is 12.7. The van der Waals surface area contributed by atoms with Crippen molar-refractivity contribution >= 4 is 61.4 Å². The van der Waals surface area contributed by atoms with Crippen LogP contribution < -0.4 is 9.62 Å². The van der Waals surface area contributed by atoms with Gasteiger partial charge in [-0.3, -0.25) is 14.4 Å². The van der Waals surface area contributed by atoms with Crippen molar-refractivity contribution in [3.8, 4) is 0 Å². The molecular formula is C15H19ClN4O3S3.